The summed E-state index contributed by atoms with van der Waals surface area (Å²) in [4.78, 5) is 25.0. The van der Waals surface area contributed by atoms with Crippen molar-refractivity contribution in [2.75, 3.05) is 25.5 Å². The molecule has 0 aromatic heterocycles. The van der Waals surface area contributed by atoms with Crippen LogP contribution in [0.15, 0.2) is 18.2 Å². The monoisotopic (exact) mass is 293 g/mol. The van der Waals surface area contributed by atoms with Gasteiger partial charge in [0.25, 0.3) is 0 Å². The van der Waals surface area contributed by atoms with E-state index in [0.29, 0.717) is 18.8 Å². The minimum Gasteiger partial charge on any atom is -0.497 e. The maximum absolute atomic E-state index is 12.2. The maximum Gasteiger partial charge on any atom is 0.337 e. The topological polar surface area (TPSA) is 105 Å². The van der Waals surface area contributed by atoms with E-state index in [0.717, 1.165) is 12.8 Å². The Bertz CT molecular complexity index is 539. The normalized spacial score (nSPS) is 15.6. The van der Waals surface area contributed by atoms with Crippen LogP contribution in [0.4, 0.5) is 10.5 Å². The molecule has 7 heteroatoms. The molecule has 0 bridgehead atoms. The van der Waals surface area contributed by atoms with Gasteiger partial charge in [0.05, 0.1) is 18.4 Å². The van der Waals surface area contributed by atoms with Crippen LogP contribution in [-0.4, -0.2) is 48.2 Å². The predicted molar refractivity (Wildman–Crippen MR) is 77.8 cm³/mol. The van der Waals surface area contributed by atoms with Crippen LogP contribution in [0.5, 0.6) is 5.75 Å². The van der Waals surface area contributed by atoms with E-state index in [4.69, 9.17) is 15.6 Å². The summed E-state index contributed by atoms with van der Waals surface area (Å²) in [6.07, 6.45) is 1.49. The van der Waals surface area contributed by atoms with Crippen molar-refractivity contribution in [2.24, 2.45) is 5.73 Å². The highest BCUT2D eigenvalue weighted by molar-refractivity contribution is 6.00. The predicted octanol–water partition coefficient (Wildman–Crippen LogP) is 1.35. The zero-order valence-corrected chi connectivity index (χ0v) is 11.8. The Labute approximate surface area is 122 Å². The van der Waals surface area contributed by atoms with Gasteiger partial charge in [-0.2, -0.15) is 0 Å². The van der Waals surface area contributed by atoms with Crippen LogP contribution in [0.25, 0.3) is 0 Å². The summed E-state index contributed by atoms with van der Waals surface area (Å²) in [5.74, 6) is -0.621. The number of nitrogens with zero attached hydrogens (tertiary/aromatic N) is 1. The number of amides is 2. The number of nitrogens with two attached hydrogens (primary N) is 1. The first-order valence-corrected chi connectivity index (χ1v) is 6.74. The lowest BCUT2D eigenvalue weighted by molar-refractivity contribution is 0.0698. The third-order valence-electron chi connectivity index (χ3n) is 3.53. The minimum atomic E-state index is -1.10. The first-order valence-electron chi connectivity index (χ1n) is 6.74. The molecule has 21 heavy (non-hydrogen) atoms. The quantitative estimate of drug-likeness (QED) is 0.780. The molecule has 2 rings (SSSR count). The Morgan fingerprint density at radius 3 is 2.62 bits per heavy atom. The Morgan fingerprint density at radius 2 is 2.05 bits per heavy atom. The lowest BCUT2D eigenvalue weighted by atomic mass is 10.1. The van der Waals surface area contributed by atoms with E-state index in [2.05, 4.69) is 5.32 Å². The molecule has 1 fully saturated rings. The number of nitrogens with one attached hydrogen (secondary N) is 1. The highest BCUT2D eigenvalue weighted by Gasteiger charge is 2.22. The molecule has 0 radical (unpaired) electrons. The Balaban J connectivity index is 2.14. The van der Waals surface area contributed by atoms with E-state index >= 15 is 0 Å². The highest BCUT2D eigenvalue weighted by atomic mass is 16.5. The fourth-order valence-corrected chi connectivity index (χ4v) is 2.24. The number of carboxylic acids is 1. The van der Waals surface area contributed by atoms with Gasteiger partial charge in [-0.15, -0.1) is 0 Å². The van der Waals surface area contributed by atoms with Gasteiger partial charge in [0.1, 0.15) is 5.75 Å². The van der Waals surface area contributed by atoms with Crippen LogP contribution in [-0.2, 0) is 0 Å². The Morgan fingerprint density at radius 1 is 1.38 bits per heavy atom. The molecule has 0 aliphatic carbocycles. The molecular weight excluding hydrogens is 274 g/mol. The van der Waals surface area contributed by atoms with Gasteiger partial charge in [0.15, 0.2) is 0 Å². The zero-order valence-electron chi connectivity index (χ0n) is 11.8. The van der Waals surface area contributed by atoms with Crippen molar-refractivity contribution in [3.8, 4) is 5.75 Å². The molecule has 0 atom stereocenters. The summed E-state index contributed by atoms with van der Waals surface area (Å²) in [5.41, 5.74) is 6.05. The van der Waals surface area contributed by atoms with Gasteiger partial charge in [-0.1, -0.05) is 0 Å². The number of hydrogen-bond donors (Lipinski definition) is 3. The van der Waals surface area contributed by atoms with E-state index in [1.165, 1.54) is 19.2 Å². The van der Waals surface area contributed by atoms with E-state index in [-0.39, 0.29) is 23.3 Å². The van der Waals surface area contributed by atoms with Crippen LogP contribution in [0.2, 0.25) is 0 Å². The van der Waals surface area contributed by atoms with Crippen molar-refractivity contribution < 1.29 is 19.4 Å². The van der Waals surface area contributed by atoms with Gasteiger partial charge in [-0.3, -0.25) is 0 Å². The molecular formula is C14H19N3O4. The second kappa shape index (κ2) is 6.45. The molecule has 7 nitrogen and oxygen atoms in total. The molecule has 1 aliphatic rings. The van der Waals surface area contributed by atoms with Crippen LogP contribution >= 0.6 is 0 Å². The summed E-state index contributed by atoms with van der Waals surface area (Å²) in [6.45, 7) is 1.14. The average Bonchev–Trinajstić information content (AvgIpc) is 2.47. The molecule has 1 aromatic carbocycles. The number of anilines is 1. The van der Waals surface area contributed by atoms with Gasteiger partial charge in [-0.05, 0) is 25.0 Å². The molecule has 1 aliphatic heterocycles. The number of carboxylic acid groups (broad SMARTS) is 1. The fraction of sp³-hybridized carbons (Fsp3) is 0.429. The first kappa shape index (κ1) is 15.1. The van der Waals surface area contributed by atoms with Crippen molar-refractivity contribution in [1.82, 2.24) is 4.90 Å². The van der Waals surface area contributed by atoms with Crippen molar-refractivity contribution in [3.63, 3.8) is 0 Å². The highest BCUT2D eigenvalue weighted by Crippen LogP contribution is 2.23. The molecule has 0 saturated carbocycles. The number of carbonyl (C=O) groups is 2. The van der Waals surface area contributed by atoms with E-state index in [1.54, 1.807) is 11.0 Å². The lowest BCUT2D eigenvalue weighted by Crippen LogP contribution is -2.44. The SMILES string of the molecule is COc1ccc(C(=O)O)c(NC(=O)N2CCC(N)CC2)c1. The van der Waals surface area contributed by atoms with E-state index in [1.807, 2.05) is 0 Å². The van der Waals surface area contributed by atoms with Gasteiger partial charge in [0.2, 0.25) is 0 Å². The van der Waals surface area contributed by atoms with Gasteiger partial charge < -0.3 is 25.8 Å². The van der Waals surface area contributed by atoms with Crippen LogP contribution in [0.3, 0.4) is 0 Å². The van der Waals surface area contributed by atoms with E-state index in [9.17, 15) is 9.59 Å². The molecule has 0 unspecified atom stereocenters. The van der Waals surface area contributed by atoms with Crippen molar-refractivity contribution >= 4 is 17.7 Å². The Hall–Kier alpha value is -2.28. The summed E-state index contributed by atoms with van der Waals surface area (Å²) in [6, 6.07) is 4.25. The van der Waals surface area contributed by atoms with Gasteiger partial charge >= 0.3 is 12.0 Å². The molecule has 1 heterocycles. The summed E-state index contributed by atoms with van der Waals surface area (Å²) >= 11 is 0. The van der Waals surface area contributed by atoms with Gasteiger partial charge in [0, 0.05) is 25.2 Å². The summed E-state index contributed by atoms with van der Waals surface area (Å²) in [5, 5.41) is 11.8. The largest absolute Gasteiger partial charge is 0.497 e. The third-order valence-corrected chi connectivity index (χ3v) is 3.53. The number of benzene rings is 1. The summed E-state index contributed by atoms with van der Waals surface area (Å²) in [7, 11) is 1.48. The van der Waals surface area contributed by atoms with Crippen molar-refractivity contribution in [1.29, 1.82) is 0 Å². The number of carbonyl (C=O) groups excluding carboxylic acids is 1. The van der Waals surface area contributed by atoms with Crippen LogP contribution < -0.4 is 15.8 Å². The third kappa shape index (κ3) is 3.63. The standard InChI is InChI=1S/C14H19N3O4/c1-21-10-2-3-11(13(18)19)12(8-10)16-14(20)17-6-4-9(15)5-7-17/h2-3,8-9H,4-7,15H2,1H3,(H,16,20)(H,18,19). The molecule has 1 aromatic rings. The lowest BCUT2D eigenvalue weighted by Gasteiger charge is -2.30. The fourth-order valence-electron chi connectivity index (χ4n) is 2.24. The van der Waals surface area contributed by atoms with Crippen molar-refractivity contribution in [2.45, 2.75) is 18.9 Å². The van der Waals surface area contributed by atoms with Gasteiger partial charge in [-0.25, -0.2) is 9.59 Å². The second-order valence-electron chi connectivity index (χ2n) is 4.97. The minimum absolute atomic E-state index is 0.0258. The number of rotatable bonds is 3. The molecule has 114 valence electrons. The molecule has 1 saturated heterocycles. The number of ether oxygens (including phenoxy) is 1. The number of likely N-dealkylation sites (tertiary alicyclic amines) is 1. The maximum atomic E-state index is 12.2. The van der Waals surface area contributed by atoms with Crippen LogP contribution in [0, 0.1) is 0 Å². The smallest absolute Gasteiger partial charge is 0.337 e. The van der Waals surface area contributed by atoms with E-state index < -0.39 is 5.97 Å². The number of piperidine rings is 1. The number of hydrogen-bond acceptors (Lipinski definition) is 4. The molecule has 4 N–H and O–H groups in total. The van der Waals surface area contributed by atoms with Crippen LogP contribution in [0.1, 0.15) is 23.2 Å². The second-order valence-corrected chi connectivity index (χ2v) is 4.97. The molecule has 2 amide bonds. The number of methoxy groups -OCH3 is 1. The Kier molecular flexibility index (Phi) is 4.64. The number of urea groups is 1. The summed E-state index contributed by atoms with van der Waals surface area (Å²) < 4.78 is 5.06. The average molecular weight is 293 g/mol. The number of aromatic carboxylic acids is 1. The molecule has 0 spiro atoms. The van der Waals surface area contributed by atoms with Crippen molar-refractivity contribution in [3.05, 3.63) is 23.8 Å². The first-order chi connectivity index (χ1) is 10.0. The zero-order chi connectivity index (χ0) is 15.4.